The van der Waals surface area contributed by atoms with Gasteiger partial charge in [0, 0.05) is 16.0 Å². The molecule has 152 valence electrons. The summed E-state index contributed by atoms with van der Waals surface area (Å²) in [5.41, 5.74) is 1.12. The average Bonchev–Trinajstić information content (AvgIpc) is 3.12. The summed E-state index contributed by atoms with van der Waals surface area (Å²) < 4.78 is 11.6. The molecule has 0 aliphatic rings. The van der Waals surface area contributed by atoms with Crippen LogP contribution in [0.4, 0.5) is 5.13 Å². The molecule has 9 heteroatoms. The molecule has 6 nitrogen and oxygen atoms in total. The molecule has 0 spiro atoms. The van der Waals surface area contributed by atoms with E-state index in [2.05, 4.69) is 10.3 Å². The Bertz CT molecular complexity index is 1300. The topological polar surface area (TPSA) is 81.4 Å². The molecule has 0 fully saturated rings. The molecule has 1 amide bonds. The predicted molar refractivity (Wildman–Crippen MR) is 119 cm³/mol. The quantitative estimate of drug-likeness (QED) is 0.422. The lowest BCUT2D eigenvalue weighted by molar-refractivity contribution is -0.118. The largest absolute Gasteiger partial charge is 0.476 e. The summed E-state index contributed by atoms with van der Waals surface area (Å²) >= 11 is 13.6. The molecule has 0 saturated carbocycles. The van der Waals surface area contributed by atoms with Crippen LogP contribution in [0.3, 0.4) is 0 Å². The fourth-order valence-electron chi connectivity index (χ4n) is 2.82. The molecular weight excluding hydrogens is 447 g/mol. The van der Waals surface area contributed by atoms with E-state index in [9.17, 15) is 9.59 Å². The number of halogens is 2. The zero-order valence-electron chi connectivity index (χ0n) is 15.6. The summed E-state index contributed by atoms with van der Waals surface area (Å²) in [5.74, 6) is -0.375. The number of nitrogens with one attached hydrogen (secondary N) is 1. The number of aryl methyl sites for hydroxylation is 1. The third-order valence-electron chi connectivity index (χ3n) is 4.12. The van der Waals surface area contributed by atoms with E-state index in [0.29, 0.717) is 10.7 Å². The van der Waals surface area contributed by atoms with E-state index in [0.717, 1.165) is 5.69 Å². The first-order chi connectivity index (χ1) is 14.4. The highest BCUT2D eigenvalue weighted by molar-refractivity contribution is 7.13. The van der Waals surface area contributed by atoms with Crippen molar-refractivity contribution >= 4 is 56.5 Å². The Balaban J connectivity index is 1.74. The number of nitrogens with zero attached hydrogens (tertiary/aromatic N) is 1. The second kappa shape index (κ2) is 8.47. The summed E-state index contributed by atoms with van der Waals surface area (Å²) in [5, 5.41) is 5.56. The van der Waals surface area contributed by atoms with E-state index >= 15 is 0 Å². The molecule has 4 aromatic rings. The lowest BCUT2D eigenvalue weighted by Gasteiger charge is -2.12. The molecule has 0 aliphatic heterocycles. The minimum absolute atomic E-state index is 0.0995. The number of rotatable bonds is 5. The van der Waals surface area contributed by atoms with Gasteiger partial charge in [0.2, 0.25) is 11.2 Å². The first-order valence-corrected chi connectivity index (χ1v) is 10.4. The van der Waals surface area contributed by atoms with Crippen molar-refractivity contribution in [3.63, 3.8) is 0 Å². The first kappa shape index (κ1) is 20.4. The summed E-state index contributed by atoms with van der Waals surface area (Å²) in [6.45, 7) is 1.42. The maximum absolute atomic E-state index is 13.2. The number of carbonyl (C=O) groups is 1. The molecule has 0 atom stereocenters. The fourth-order valence-corrected chi connectivity index (χ4v) is 4.06. The Labute approximate surface area is 185 Å². The van der Waals surface area contributed by atoms with Crippen molar-refractivity contribution in [3.05, 3.63) is 73.8 Å². The number of thiazole rings is 1. The number of benzene rings is 2. The highest BCUT2D eigenvalue weighted by Gasteiger charge is 2.21. The average molecular weight is 461 g/mol. The SMILES string of the molecule is Cc1csc(NC(=O)COc2c(-c3ccccc3)oc3c(Cl)cc(Cl)cc3c2=O)n1. The van der Waals surface area contributed by atoms with Gasteiger partial charge in [-0.25, -0.2) is 4.98 Å². The van der Waals surface area contributed by atoms with Crippen LogP contribution in [-0.4, -0.2) is 17.5 Å². The summed E-state index contributed by atoms with van der Waals surface area (Å²) in [6, 6.07) is 11.9. The van der Waals surface area contributed by atoms with Crippen molar-refractivity contribution in [2.45, 2.75) is 6.92 Å². The summed E-state index contributed by atoms with van der Waals surface area (Å²) in [7, 11) is 0. The number of fused-ring (bicyclic) bond motifs is 1. The van der Waals surface area contributed by atoms with Crippen molar-refractivity contribution < 1.29 is 13.9 Å². The van der Waals surface area contributed by atoms with E-state index in [-0.39, 0.29) is 32.5 Å². The van der Waals surface area contributed by atoms with Crippen LogP contribution in [0, 0.1) is 6.92 Å². The Kier molecular flexibility index (Phi) is 5.76. The molecule has 0 radical (unpaired) electrons. The summed E-state index contributed by atoms with van der Waals surface area (Å²) in [4.78, 5) is 29.6. The van der Waals surface area contributed by atoms with E-state index in [1.54, 1.807) is 24.3 Å². The molecule has 30 heavy (non-hydrogen) atoms. The van der Waals surface area contributed by atoms with Gasteiger partial charge in [0.1, 0.15) is 0 Å². The van der Waals surface area contributed by atoms with Gasteiger partial charge in [-0.05, 0) is 19.1 Å². The smallest absolute Gasteiger partial charge is 0.264 e. The number of hydrogen-bond donors (Lipinski definition) is 1. The van der Waals surface area contributed by atoms with Crippen LogP contribution in [-0.2, 0) is 4.79 Å². The molecule has 0 unspecified atom stereocenters. The minimum atomic E-state index is -0.475. The zero-order chi connectivity index (χ0) is 21.3. The van der Waals surface area contributed by atoms with Crippen LogP contribution < -0.4 is 15.5 Å². The third kappa shape index (κ3) is 4.18. The third-order valence-corrected chi connectivity index (χ3v) is 5.49. The maximum Gasteiger partial charge on any atom is 0.264 e. The molecule has 0 bridgehead atoms. The van der Waals surface area contributed by atoms with Crippen molar-refractivity contribution in [2.75, 3.05) is 11.9 Å². The molecule has 2 aromatic carbocycles. The van der Waals surface area contributed by atoms with Crippen molar-refractivity contribution in [1.82, 2.24) is 4.98 Å². The van der Waals surface area contributed by atoms with Gasteiger partial charge in [0.25, 0.3) is 5.91 Å². The van der Waals surface area contributed by atoms with E-state index in [1.165, 1.54) is 23.5 Å². The Morgan fingerprint density at radius 3 is 2.70 bits per heavy atom. The number of hydrogen-bond acceptors (Lipinski definition) is 6. The minimum Gasteiger partial charge on any atom is -0.476 e. The monoisotopic (exact) mass is 460 g/mol. The number of aromatic nitrogens is 1. The number of anilines is 1. The second-order valence-corrected chi connectivity index (χ2v) is 8.05. The number of carbonyl (C=O) groups excluding carboxylic acids is 1. The van der Waals surface area contributed by atoms with Crippen LogP contribution in [0.1, 0.15) is 5.69 Å². The normalized spacial score (nSPS) is 10.9. The van der Waals surface area contributed by atoms with E-state index < -0.39 is 17.9 Å². The second-order valence-electron chi connectivity index (χ2n) is 6.35. The lowest BCUT2D eigenvalue weighted by atomic mass is 10.1. The lowest BCUT2D eigenvalue weighted by Crippen LogP contribution is -2.22. The molecule has 2 aromatic heterocycles. The van der Waals surface area contributed by atoms with Crippen LogP contribution >= 0.6 is 34.5 Å². The van der Waals surface area contributed by atoms with Gasteiger partial charge in [-0.3, -0.25) is 14.9 Å². The highest BCUT2D eigenvalue weighted by atomic mass is 35.5. The van der Waals surface area contributed by atoms with Crippen LogP contribution in [0.5, 0.6) is 5.75 Å². The van der Waals surface area contributed by atoms with Crippen molar-refractivity contribution in [1.29, 1.82) is 0 Å². The van der Waals surface area contributed by atoms with Crippen LogP contribution in [0.25, 0.3) is 22.3 Å². The molecule has 2 heterocycles. The molecule has 1 N–H and O–H groups in total. The zero-order valence-corrected chi connectivity index (χ0v) is 17.9. The van der Waals surface area contributed by atoms with Gasteiger partial charge >= 0.3 is 0 Å². The maximum atomic E-state index is 13.2. The van der Waals surface area contributed by atoms with Crippen LogP contribution in [0.2, 0.25) is 10.0 Å². The molecule has 0 aliphatic carbocycles. The molecule has 0 saturated heterocycles. The Hall–Kier alpha value is -2.87. The van der Waals surface area contributed by atoms with Gasteiger partial charge in [0.15, 0.2) is 23.1 Å². The van der Waals surface area contributed by atoms with Gasteiger partial charge < -0.3 is 9.15 Å². The van der Waals surface area contributed by atoms with E-state index in [1.807, 2.05) is 18.4 Å². The Morgan fingerprint density at radius 1 is 1.23 bits per heavy atom. The van der Waals surface area contributed by atoms with Gasteiger partial charge in [-0.2, -0.15) is 0 Å². The first-order valence-electron chi connectivity index (χ1n) is 8.78. The van der Waals surface area contributed by atoms with Gasteiger partial charge in [-0.15, -0.1) is 11.3 Å². The van der Waals surface area contributed by atoms with Crippen molar-refractivity contribution in [2.24, 2.45) is 0 Å². The van der Waals surface area contributed by atoms with Crippen LogP contribution in [0.15, 0.2) is 57.1 Å². The number of ether oxygens (including phenoxy) is 1. The molecule has 4 rings (SSSR count). The van der Waals surface area contributed by atoms with Gasteiger partial charge in [0.05, 0.1) is 16.1 Å². The van der Waals surface area contributed by atoms with Gasteiger partial charge in [-0.1, -0.05) is 53.5 Å². The number of amides is 1. The predicted octanol–water partition coefficient (Wildman–Crippen LogP) is 5.55. The fraction of sp³-hybridized carbons (Fsp3) is 0.0952. The summed E-state index contributed by atoms with van der Waals surface area (Å²) in [6.07, 6.45) is 0. The highest BCUT2D eigenvalue weighted by Crippen LogP contribution is 2.35. The van der Waals surface area contributed by atoms with Crippen molar-refractivity contribution in [3.8, 4) is 17.1 Å². The van der Waals surface area contributed by atoms with E-state index in [4.69, 9.17) is 32.4 Å². The Morgan fingerprint density at radius 2 is 2.00 bits per heavy atom. The molecular formula is C21H14Cl2N2O4S. The standard InChI is InChI=1S/C21H14Cl2N2O4S/c1-11-10-30-21(24-11)25-16(26)9-28-20-17(27)14-7-13(22)8-15(23)19(14)29-18(20)12-5-3-2-4-6-12/h2-8,10H,9H2,1H3,(H,24,25,26).